The van der Waals surface area contributed by atoms with Crippen LogP contribution >= 0.6 is 22.3 Å². The number of halogens is 2. The van der Waals surface area contributed by atoms with E-state index in [4.69, 9.17) is 22.3 Å². The van der Waals surface area contributed by atoms with Crippen LogP contribution in [-0.4, -0.2) is 39.7 Å². The Bertz CT molecular complexity index is 719. The normalized spacial score (nSPS) is 18.6. The number of carbonyl (C=O) groups is 2. The van der Waals surface area contributed by atoms with Gasteiger partial charge >= 0.3 is 5.97 Å². The molecule has 1 amide bonds. The number of benzene rings is 1. The summed E-state index contributed by atoms with van der Waals surface area (Å²) in [4.78, 5) is 25.3. The lowest BCUT2D eigenvalue weighted by atomic mass is 10.1. The minimum absolute atomic E-state index is 0.0256. The summed E-state index contributed by atoms with van der Waals surface area (Å²) in [7, 11) is 2.75. The molecule has 1 fully saturated rings. The molecule has 22 heavy (non-hydrogen) atoms. The van der Waals surface area contributed by atoms with Gasteiger partial charge in [0.25, 0.3) is 0 Å². The van der Waals surface area contributed by atoms with Gasteiger partial charge in [-0.15, -0.1) is 0 Å². The first kappa shape index (κ1) is 17.1. The molecule has 6 nitrogen and oxygen atoms in total. The second kappa shape index (κ2) is 6.44. The Balaban J connectivity index is 2.36. The summed E-state index contributed by atoms with van der Waals surface area (Å²) in [5.41, 5.74) is 0.383. The van der Waals surface area contributed by atoms with E-state index in [1.165, 1.54) is 18.1 Å². The molecule has 120 valence electrons. The van der Waals surface area contributed by atoms with Crippen molar-refractivity contribution in [1.29, 1.82) is 0 Å². The third-order valence-corrected chi connectivity index (χ3v) is 4.85. The first-order valence-corrected chi connectivity index (χ1v) is 9.18. The van der Waals surface area contributed by atoms with Crippen LogP contribution in [0, 0.1) is 5.92 Å². The average molecular weight is 366 g/mol. The number of methoxy groups -OCH3 is 1. The monoisotopic (exact) mass is 365 g/mol. The topological polar surface area (TPSA) is 80.8 Å². The first-order valence-electron chi connectivity index (χ1n) is 6.32. The van der Waals surface area contributed by atoms with Crippen LogP contribution < -0.4 is 4.90 Å². The van der Waals surface area contributed by atoms with Crippen molar-refractivity contribution < 1.29 is 22.7 Å². The number of esters is 1. The number of ether oxygens (including phenoxy) is 1. The van der Waals surface area contributed by atoms with Crippen molar-refractivity contribution in [3.63, 3.8) is 0 Å². The standard InChI is InChI=1S/C13H13Cl2NO5S/c1-21-13(18)9-3-2-4-10(14)12(9)16-6-8(5-11(16)17)7-22(15,19)20/h2-4,8H,5-7H2,1H3. The van der Waals surface area contributed by atoms with Gasteiger partial charge in [-0.1, -0.05) is 17.7 Å². The summed E-state index contributed by atoms with van der Waals surface area (Å²) in [5.74, 6) is -1.70. The maximum Gasteiger partial charge on any atom is 0.340 e. The zero-order valence-corrected chi connectivity index (χ0v) is 13.9. The van der Waals surface area contributed by atoms with E-state index in [1.807, 2.05) is 0 Å². The molecule has 1 aliphatic rings. The molecule has 0 radical (unpaired) electrons. The summed E-state index contributed by atoms with van der Waals surface area (Å²) in [6, 6.07) is 4.60. The summed E-state index contributed by atoms with van der Waals surface area (Å²) in [6.07, 6.45) is 0.0256. The molecule has 0 spiro atoms. The molecule has 1 saturated heterocycles. The molecule has 1 aliphatic heterocycles. The van der Waals surface area contributed by atoms with Crippen molar-refractivity contribution in [1.82, 2.24) is 0 Å². The predicted molar refractivity (Wildman–Crippen MR) is 82.9 cm³/mol. The molecule has 0 N–H and O–H groups in total. The van der Waals surface area contributed by atoms with Crippen LogP contribution in [0.2, 0.25) is 5.02 Å². The highest BCUT2D eigenvalue weighted by Crippen LogP contribution is 2.35. The first-order chi connectivity index (χ1) is 10.2. The molecule has 2 rings (SSSR count). The molecule has 1 aromatic rings. The summed E-state index contributed by atoms with van der Waals surface area (Å²) in [5, 5.41) is 0.214. The Hall–Kier alpha value is -1.31. The number of anilines is 1. The second-order valence-electron chi connectivity index (χ2n) is 4.91. The maximum atomic E-state index is 12.2. The minimum Gasteiger partial charge on any atom is -0.465 e. The van der Waals surface area contributed by atoms with E-state index in [0.29, 0.717) is 0 Å². The van der Waals surface area contributed by atoms with Crippen LogP contribution in [0.25, 0.3) is 0 Å². The minimum atomic E-state index is -3.71. The molecule has 0 bridgehead atoms. The van der Waals surface area contributed by atoms with Crippen molar-refractivity contribution in [3.05, 3.63) is 28.8 Å². The molecular weight excluding hydrogens is 353 g/mol. The fraction of sp³-hybridized carbons (Fsp3) is 0.385. The third-order valence-electron chi connectivity index (χ3n) is 3.30. The highest BCUT2D eigenvalue weighted by atomic mass is 35.7. The van der Waals surface area contributed by atoms with E-state index in [9.17, 15) is 18.0 Å². The van der Waals surface area contributed by atoms with Crippen LogP contribution in [-0.2, 0) is 18.6 Å². The van der Waals surface area contributed by atoms with Gasteiger partial charge in [0.05, 0.1) is 29.1 Å². The Morgan fingerprint density at radius 3 is 2.73 bits per heavy atom. The average Bonchev–Trinajstić information content (AvgIpc) is 2.75. The number of nitrogens with zero attached hydrogens (tertiary/aromatic N) is 1. The Kier molecular flexibility index (Phi) is 4.99. The van der Waals surface area contributed by atoms with E-state index in [2.05, 4.69) is 4.74 Å². The molecule has 0 aliphatic carbocycles. The van der Waals surface area contributed by atoms with Gasteiger partial charge in [-0.05, 0) is 12.1 Å². The van der Waals surface area contributed by atoms with Crippen molar-refractivity contribution in [2.24, 2.45) is 5.92 Å². The second-order valence-corrected chi connectivity index (χ2v) is 8.14. The quantitative estimate of drug-likeness (QED) is 0.602. The summed E-state index contributed by atoms with van der Waals surface area (Å²) in [6.45, 7) is 0.124. The van der Waals surface area contributed by atoms with Crippen molar-refractivity contribution in [2.75, 3.05) is 24.3 Å². The number of para-hydroxylation sites is 1. The van der Waals surface area contributed by atoms with Gasteiger partial charge in [0.15, 0.2) is 0 Å². The van der Waals surface area contributed by atoms with Gasteiger partial charge < -0.3 is 9.64 Å². The third kappa shape index (κ3) is 3.71. The lowest BCUT2D eigenvalue weighted by Crippen LogP contribution is -2.27. The largest absolute Gasteiger partial charge is 0.465 e. The zero-order chi connectivity index (χ0) is 16.5. The van der Waals surface area contributed by atoms with Crippen molar-refractivity contribution in [2.45, 2.75) is 6.42 Å². The lowest BCUT2D eigenvalue weighted by molar-refractivity contribution is -0.117. The van der Waals surface area contributed by atoms with Crippen LogP contribution in [0.5, 0.6) is 0 Å². The van der Waals surface area contributed by atoms with Gasteiger partial charge in [-0.3, -0.25) is 4.79 Å². The Labute approximate surface area is 137 Å². The smallest absolute Gasteiger partial charge is 0.340 e. The lowest BCUT2D eigenvalue weighted by Gasteiger charge is -2.20. The molecule has 0 aromatic heterocycles. The van der Waals surface area contributed by atoms with Gasteiger partial charge in [0.1, 0.15) is 0 Å². The van der Waals surface area contributed by atoms with E-state index < -0.39 is 20.9 Å². The van der Waals surface area contributed by atoms with E-state index in [1.54, 1.807) is 12.1 Å². The van der Waals surface area contributed by atoms with Gasteiger partial charge in [0, 0.05) is 29.6 Å². The fourth-order valence-corrected chi connectivity index (χ4v) is 4.05. The number of rotatable bonds is 4. The van der Waals surface area contributed by atoms with Gasteiger partial charge in [-0.2, -0.15) is 0 Å². The van der Waals surface area contributed by atoms with E-state index in [0.717, 1.165) is 0 Å². The van der Waals surface area contributed by atoms with Crippen molar-refractivity contribution in [3.8, 4) is 0 Å². The van der Waals surface area contributed by atoms with Crippen molar-refractivity contribution >= 4 is 48.9 Å². The molecule has 1 aromatic carbocycles. The summed E-state index contributed by atoms with van der Waals surface area (Å²) < 4.78 is 27.0. The van der Waals surface area contributed by atoms with E-state index in [-0.39, 0.29) is 40.9 Å². The number of hydrogen-bond acceptors (Lipinski definition) is 5. The van der Waals surface area contributed by atoms with Crippen LogP contribution in [0.3, 0.4) is 0 Å². The van der Waals surface area contributed by atoms with E-state index >= 15 is 0 Å². The van der Waals surface area contributed by atoms with Gasteiger partial charge in [0.2, 0.25) is 15.0 Å². The van der Waals surface area contributed by atoms with Gasteiger partial charge in [-0.25, -0.2) is 13.2 Å². The molecule has 1 unspecified atom stereocenters. The molecule has 1 heterocycles. The molecular formula is C13H13Cl2NO5S. The number of amides is 1. The van der Waals surface area contributed by atoms with Crippen LogP contribution in [0.15, 0.2) is 18.2 Å². The van der Waals surface area contributed by atoms with Crippen LogP contribution in [0.4, 0.5) is 5.69 Å². The molecule has 9 heteroatoms. The van der Waals surface area contributed by atoms with Crippen LogP contribution in [0.1, 0.15) is 16.8 Å². The number of hydrogen-bond donors (Lipinski definition) is 0. The number of carbonyl (C=O) groups excluding carboxylic acids is 2. The predicted octanol–water partition coefficient (Wildman–Crippen LogP) is 2.05. The summed E-state index contributed by atoms with van der Waals surface area (Å²) >= 11 is 6.11. The zero-order valence-electron chi connectivity index (χ0n) is 11.6. The molecule has 0 saturated carbocycles. The fourth-order valence-electron chi connectivity index (χ4n) is 2.46. The highest BCUT2D eigenvalue weighted by Gasteiger charge is 2.36. The Morgan fingerprint density at radius 2 is 2.14 bits per heavy atom. The Morgan fingerprint density at radius 1 is 1.45 bits per heavy atom. The maximum absolute atomic E-state index is 12.2. The SMILES string of the molecule is COC(=O)c1cccc(Cl)c1N1CC(CS(=O)(=O)Cl)CC1=O. The molecule has 1 atom stereocenters. The highest BCUT2D eigenvalue weighted by molar-refractivity contribution is 8.13.